The smallest absolute Gasteiger partial charge is 0.322 e. The number of nitrogens with one attached hydrogen (secondary N) is 1. The molecule has 9 heteroatoms. The van der Waals surface area contributed by atoms with Crippen LogP contribution in [0.1, 0.15) is 19.5 Å². The quantitative estimate of drug-likeness (QED) is 0.819. The van der Waals surface area contributed by atoms with Gasteiger partial charge in [0, 0.05) is 24.0 Å². The number of rotatable bonds is 3. The highest BCUT2D eigenvalue weighted by molar-refractivity contribution is 6.26. The molecule has 2 aromatic rings. The Kier molecular flexibility index (Phi) is 4.63. The number of alkyl halides is 3. The topological polar surface area (TPSA) is 59.3 Å². The zero-order valence-corrected chi connectivity index (χ0v) is 14.8. The van der Waals surface area contributed by atoms with E-state index in [-0.39, 0.29) is 16.9 Å². The maximum atomic E-state index is 14.5. The zero-order valence-electron chi connectivity index (χ0n) is 14.8. The molecule has 3 rings (SSSR count). The van der Waals surface area contributed by atoms with Crippen LogP contribution in [0.25, 0.3) is 11.3 Å². The summed E-state index contributed by atoms with van der Waals surface area (Å²) in [5.41, 5.74) is 0.909. The van der Waals surface area contributed by atoms with Crippen LogP contribution in [-0.2, 0) is 18.0 Å². The molecule has 27 heavy (non-hydrogen) atoms. The van der Waals surface area contributed by atoms with Crippen molar-refractivity contribution in [1.29, 1.82) is 0 Å². The van der Waals surface area contributed by atoms with Crippen LogP contribution in [0, 0.1) is 5.82 Å². The van der Waals surface area contributed by atoms with Gasteiger partial charge >= 0.3 is 6.18 Å². The highest BCUT2D eigenvalue weighted by Gasteiger charge is 2.35. The maximum Gasteiger partial charge on any atom is 0.435 e. The molecular weight excluding hydrogens is 364 g/mol. The number of benzene rings is 1. The number of carbonyl (C=O) groups is 1. The van der Waals surface area contributed by atoms with Gasteiger partial charge in [-0.25, -0.2) is 4.39 Å². The highest BCUT2D eigenvalue weighted by atomic mass is 19.4. The van der Waals surface area contributed by atoms with E-state index in [1.807, 2.05) is 0 Å². The minimum atomic E-state index is -4.62. The molecule has 0 fully saturated rings. The van der Waals surface area contributed by atoms with E-state index in [2.05, 4.69) is 15.4 Å². The van der Waals surface area contributed by atoms with Gasteiger partial charge in [0.05, 0.1) is 17.8 Å². The van der Waals surface area contributed by atoms with Crippen LogP contribution in [0.2, 0.25) is 0 Å². The van der Waals surface area contributed by atoms with Crippen molar-refractivity contribution in [3.63, 3.8) is 0 Å². The van der Waals surface area contributed by atoms with E-state index >= 15 is 0 Å². The average Bonchev–Trinajstić information content (AvgIpc) is 3.10. The molecule has 0 aliphatic carbocycles. The van der Waals surface area contributed by atoms with Crippen LogP contribution in [0.5, 0.6) is 0 Å². The Morgan fingerprint density at radius 1 is 1.22 bits per heavy atom. The molecule has 5 nitrogen and oxygen atoms in total. The van der Waals surface area contributed by atoms with Crippen LogP contribution in [0.3, 0.4) is 0 Å². The molecule has 1 aliphatic heterocycles. The Morgan fingerprint density at radius 2 is 1.93 bits per heavy atom. The SMILES string of the molecule is CC1=NCC(C)=C1C(=O)Nc1ccc(-c2cc(C(F)(F)F)nn2C)c(F)c1. The van der Waals surface area contributed by atoms with E-state index in [1.54, 1.807) is 13.8 Å². The lowest BCUT2D eigenvalue weighted by molar-refractivity contribution is -0.141. The Bertz CT molecular complexity index is 986. The number of aliphatic imine (C=N–C) groups is 1. The minimum Gasteiger partial charge on any atom is -0.322 e. The van der Waals surface area contributed by atoms with Crippen molar-refractivity contribution in [2.24, 2.45) is 12.0 Å². The van der Waals surface area contributed by atoms with Crippen molar-refractivity contribution in [3.05, 3.63) is 46.9 Å². The second-order valence-electron chi connectivity index (χ2n) is 6.24. The largest absolute Gasteiger partial charge is 0.435 e. The Morgan fingerprint density at radius 3 is 2.44 bits per heavy atom. The number of anilines is 1. The fourth-order valence-corrected chi connectivity index (χ4v) is 2.91. The van der Waals surface area contributed by atoms with Crippen LogP contribution >= 0.6 is 0 Å². The summed E-state index contributed by atoms with van der Waals surface area (Å²) < 4.78 is 53.8. The van der Waals surface area contributed by atoms with Gasteiger partial charge in [0.2, 0.25) is 0 Å². The molecule has 0 saturated carbocycles. The third-order valence-corrected chi connectivity index (χ3v) is 4.24. The first kappa shape index (κ1) is 18.8. The molecule has 0 saturated heterocycles. The van der Waals surface area contributed by atoms with E-state index < -0.39 is 23.6 Å². The van der Waals surface area contributed by atoms with Crippen LogP contribution < -0.4 is 5.32 Å². The highest BCUT2D eigenvalue weighted by Crippen LogP contribution is 2.33. The fraction of sp³-hybridized carbons (Fsp3) is 0.278. The second-order valence-corrected chi connectivity index (χ2v) is 6.24. The number of carbonyl (C=O) groups excluding carboxylic acids is 1. The Labute approximate surface area is 152 Å². The Hall–Kier alpha value is -2.97. The first-order valence-electron chi connectivity index (χ1n) is 8.01. The molecule has 0 atom stereocenters. The molecule has 142 valence electrons. The van der Waals surface area contributed by atoms with Crippen molar-refractivity contribution < 1.29 is 22.4 Å². The van der Waals surface area contributed by atoms with Gasteiger partial charge in [0.1, 0.15) is 5.82 Å². The summed E-state index contributed by atoms with van der Waals surface area (Å²) >= 11 is 0. The van der Waals surface area contributed by atoms with Gasteiger partial charge in [-0.2, -0.15) is 18.3 Å². The summed E-state index contributed by atoms with van der Waals surface area (Å²) in [5, 5.41) is 5.96. The van der Waals surface area contributed by atoms with Crippen molar-refractivity contribution in [3.8, 4) is 11.3 Å². The fourth-order valence-electron chi connectivity index (χ4n) is 2.91. The first-order chi connectivity index (χ1) is 12.6. The van der Waals surface area contributed by atoms with Crippen molar-refractivity contribution in [2.45, 2.75) is 20.0 Å². The number of nitrogens with zero attached hydrogens (tertiary/aromatic N) is 3. The summed E-state index contributed by atoms with van der Waals surface area (Å²) in [4.78, 5) is 16.5. The number of halogens is 4. The van der Waals surface area contributed by atoms with E-state index in [0.717, 1.165) is 22.4 Å². The number of hydrogen-bond donors (Lipinski definition) is 1. The lowest BCUT2D eigenvalue weighted by Gasteiger charge is -2.10. The van der Waals surface area contributed by atoms with Gasteiger partial charge < -0.3 is 5.32 Å². The molecule has 0 spiro atoms. The molecule has 2 heterocycles. The van der Waals surface area contributed by atoms with Crippen LogP contribution in [-0.4, -0.2) is 27.9 Å². The standard InChI is InChI=1S/C18H16F4N4O/c1-9-8-23-10(2)16(9)17(27)24-11-4-5-12(13(19)6-11)14-7-15(18(20,21)22)25-26(14)3/h4-7H,8H2,1-3H3,(H,24,27). The lowest BCUT2D eigenvalue weighted by Crippen LogP contribution is -2.18. The lowest BCUT2D eigenvalue weighted by atomic mass is 10.1. The predicted molar refractivity (Wildman–Crippen MR) is 92.9 cm³/mol. The summed E-state index contributed by atoms with van der Waals surface area (Å²) in [5.74, 6) is -1.18. The summed E-state index contributed by atoms with van der Waals surface area (Å²) in [6, 6.07) is 4.57. The molecule has 1 aromatic heterocycles. The maximum absolute atomic E-state index is 14.5. The van der Waals surface area contributed by atoms with Gasteiger partial charge in [0.25, 0.3) is 5.91 Å². The normalized spacial score (nSPS) is 14.6. The van der Waals surface area contributed by atoms with Gasteiger partial charge in [-0.1, -0.05) is 0 Å². The average molecular weight is 380 g/mol. The number of aryl methyl sites for hydroxylation is 1. The molecule has 1 amide bonds. The van der Waals surface area contributed by atoms with Gasteiger partial charge in [-0.3, -0.25) is 14.5 Å². The number of amides is 1. The van der Waals surface area contributed by atoms with Crippen molar-refractivity contribution in [2.75, 3.05) is 11.9 Å². The molecule has 0 unspecified atom stereocenters. The monoisotopic (exact) mass is 380 g/mol. The third-order valence-electron chi connectivity index (χ3n) is 4.24. The van der Waals surface area contributed by atoms with Crippen LogP contribution in [0.4, 0.5) is 23.2 Å². The van der Waals surface area contributed by atoms with Gasteiger partial charge in [-0.15, -0.1) is 0 Å². The first-order valence-corrected chi connectivity index (χ1v) is 8.01. The van der Waals surface area contributed by atoms with E-state index in [0.29, 0.717) is 17.8 Å². The summed E-state index contributed by atoms with van der Waals surface area (Å²) in [7, 11) is 1.30. The van der Waals surface area contributed by atoms with E-state index in [1.165, 1.54) is 19.2 Å². The summed E-state index contributed by atoms with van der Waals surface area (Å²) in [6.07, 6.45) is -4.62. The molecule has 0 radical (unpaired) electrons. The molecular formula is C18H16F4N4O. The second kappa shape index (κ2) is 6.64. The molecule has 1 N–H and O–H groups in total. The van der Waals surface area contributed by atoms with Crippen LogP contribution in [0.15, 0.2) is 40.4 Å². The van der Waals surface area contributed by atoms with E-state index in [9.17, 15) is 22.4 Å². The molecule has 1 aliphatic rings. The van der Waals surface area contributed by atoms with Gasteiger partial charge in [-0.05, 0) is 43.7 Å². The summed E-state index contributed by atoms with van der Waals surface area (Å²) in [6.45, 7) is 3.96. The number of hydrogen-bond acceptors (Lipinski definition) is 3. The minimum absolute atomic E-state index is 0.0185. The Balaban J connectivity index is 1.87. The van der Waals surface area contributed by atoms with Crippen molar-refractivity contribution in [1.82, 2.24) is 9.78 Å². The van der Waals surface area contributed by atoms with Gasteiger partial charge in [0.15, 0.2) is 5.69 Å². The molecule has 0 bridgehead atoms. The molecule has 1 aromatic carbocycles. The number of aromatic nitrogens is 2. The zero-order chi connectivity index (χ0) is 19.9. The van der Waals surface area contributed by atoms with Crippen molar-refractivity contribution >= 4 is 17.3 Å². The third kappa shape index (κ3) is 3.62. The van der Waals surface area contributed by atoms with E-state index in [4.69, 9.17) is 0 Å². The predicted octanol–water partition coefficient (Wildman–Crippen LogP) is 3.97.